The Morgan fingerprint density at radius 2 is 1.57 bits per heavy atom. The van der Waals surface area contributed by atoms with Crippen LogP contribution in [-0.4, -0.2) is 26.1 Å². The SMILES string of the molecule is COc1cccc(OC)c1OC(=O)c1cccc(NC(C)=O)c1. The molecular weight excluding hydrogens is 298 g/mol. The Kier molecular flexibility index (Phi) is 5.19. The molecule has 0 fully saturated rings. The number of ether oxygens (including phenoxy) is 3. The minimum atomic E-state index is -0.583. The Morgan fingerprint density at radius 1 is 0.957 bits per heavy atom. The van der Waals surface area contributed by atoms with Crippen LogP contribution in [0.2, 0.25) is 0 Å². The smallest absolute Gasteiger partial charge is 0.343 e. The molecule has 2 rings (SSSR count). The number of hydrogen-bond acceptors (Lipinski definition) is 5. The molecule has 6 nitrogen and oxygen atoms in total. The zero-order valence-electron chi connectivity index (χ0n) is 13.1. The third kappa shape index (κ3) is 4.00. The maximum Gasteiger partial charge on any atom is 0.343 e. The first kappa shape index (κ1) is 16.4. The molecule has 0 radical (unpaired) electrons. The molecule has 0 aromatic heterocycles. The van der Waals surface area contributed by atoms with Crippen LogP contribution in [0.4, 0.5) is 5.69 Å². The molecule has 0 aliphatic heterocycles. The van der Waals surface area contributed by atoms with E-state index in [-0.39, 0.29) is 11.7 Å². The zero-order chi connectivity index (χ0) is 16.8. The summed E-state index contributed by atoms with van der Waals surface area (Å²) in [5, 5.41) is 2.61. The molecule has 6 heteroatoms. The number of nitrogens with one attached hydrogen (secondary N) is 1. The number of anilines is 1. The van der Waals surface area contributed by atoms with Crippen molar-refractivity contribution >= 4 is 17.6 Å². The molecule has 1 amide bonds. The molecule has 2 aromatic carbocycles. The molecule has 120 valence electrons. The molecule has 0 bridgehead atoms. The first-order valence-corrected chi connectivity index (χ1v) is 6.86. The lowest BCUT2D eigenvalue weighted by molar-refractivity contribution is -0.114. The summed E-state index contributed by atoms with van der Waals surface area (Å²) in [6.07, 6.45) is 0. The van der Waals surface area contributed by atoms with Gasteiger partial charge in [0.2, 0.25) is 11.7 Å². The maximum atomic E-state index is 12.3. The third-order valence-corrected chi connectivity index (χ3v) is 3.00. The van der Waals surface area contributed by atoms with Gasteiger partial charge in [-0.2, -0.15) is 0 Å². The fourth-order valence-corrected chi connectivity index (χ4v) is 2.00. The summed E-state index contributed by atoms with van der Waals surface area (Å²) in [6, 6.07) is 11.5. The lowest BCUT2D eigenvalue weighted by atomic mass is 10.2. The molecule has 0 spiro atoms. The van der Waals surface area contributed by atoms with Crippen LogP contribution < -0.4 is 19.5 Å². The number of benzene rings is 2. The first-order chi connectivity index (χ1) is 11.0. The van der Waals surface area contributed by atoms with Crippen molar-refractivity contribution in [2.24, 2.45) is 0 Å². The number of methoxy groups -OCH3 is 2. The van der Waals surface area contributed by atoms with E-state index in [4.69, 9.17) is 14.2 Å². The van der Waals surface area contributed by atoms with Crippen LogP contribution in [0.15, 0.2) is 42.5 Å². The average Bonchev–Trinajstić information content (AvgIpc) is 2.54. The van der Waals surface area contributed by atoms with Crippen LogP contribution >= 0.6 is 0 Å². The van der Waals surface area contributed by atoms with Gasteiger partial charge in [0.25, 0.3) is 0 Å². The predicted octanol–water partition coefficient (Wildman–Crippen LogP) is 2.88. The van der Waals surface area contributed by atoms with E-state index in [1.807, 2.05) is 0 Å². The van der Waals surface area contributed by atoms with Gasteiger partial charge in [-0.15, -0.1) is 0 Å². The highest BCUT2D eigenvalue weighted by Gasteiger charge is 2.17. The van der Waals surface area contributed by atoms with Crippen LogP contribution in [-0.2, 0) is 4.79 Å². The van der Waals surface area contributed by atoms with E-state index < -0.39 is 5.97 Å². The Hall–Kier alpha value is -3.02. The number of carbonyl (C=O) groups is 2. The van der Waals surface area contributed by atoms with Crippen molar-refractivity contribution in [3.8, 4) is 17.2 Å². The van der Waals surface area contributed by atoms with E-state index >= 15 is 0 Å². The first-order valence-electron chi connectivity index (χ1n) is 6.86. The van der Waals surface area contributed by atoms with Gasteiger partial charge in [-0.3, -0.25) is 4.79 Å². The summed E-state index contributed by atoms with van der Waals surface area (Å²) in [6.45, 7) is 1.39. The third-order valence-electron chi connectivity index (χ3n) is 3.00. The van der Waals surface area contributed by atoms with Crippen LogP contribution in [0, 0.1) is 0 Å². The van der Waals surface area contributed by atoms with Gasteiger partial charge in [-0.05, 0) is 30.3 Å². The van der Waals surface area contributed by atoms with E-state index in [1.54, 1.807) is 36.4 Å². The van der Waals surface area contributed by atoms with E-state index in [9.17, 15) is 9.59 Å². The number of hydrogen-bond donors (Lipinski definition) is 1. The van der Waals surface area contributed by atoms with Gasteiger partial charge in [0.1, 0.15) is 0 Å². The molecule has 0 atom stereocenters. The Balaban J connectivity index is 2.27. The van der Waals surface area contributed by atoms with Crippen LogP contribution in [0.25, 0.3) is 0 Å². The molecule has 0 unspecified atom stereocenters. The van der Waals surface area contributed by atoms with Crippen molar-refractivity contribution in [2.75, 3.05) is 19.5 Å². The zero-order valence-corrected chi connectivity index (χ0v) is 13.1. The van der Waals surface area contributed by atoms with Crippen LogP contribution in [0.5, 0.6) is 17.2 Å². The van der Waals surface area contributed by atoms with Crippen molar-refractivity contribution in [3.63, 3.8) is 0 Å². The molecule has 0 saturated carbocycles. The van der Waals surface area contributed by atoms with Crippen LogP contribution in [0.3, 0.4) is 0 Å². The second-order valence-corrected chi connectivity index (χ2v) is 4.64. The summed E-state index contributed by atoms with van der Waals surface area (Å²) >= 11 is 0. The largest absolute Gasteiger partial charge is 0.493 e. The van der Waals surface area contributed by atoms with Gasteiger partial charge < -0.3 is 19.5 Å². The number of carbonyl (C=O) groups excluding carboxylic acids is 2. The molecule has 2 aromatic rings. The van der Waals surface area contributed by atoms with Gasteiger partial charge in [-0.1, -0.05) is 12.1 Å². The Morgan fingerprint density at radius 3 is 2.13 bits per heavy atom. The van der Waals surface area contributed by atoms with E-state index in [2.05, 4.69) is 5.32 Å². The predicted molar refractivity (Wildman–Crippen MR) is 85.3 cm³/mol. The quantitative estimate of drug-likeness (QED) is 0.678. The second-order valence-electron chi connectivity index (χ2n) is 4.64. The van der Waals surface area contributed by atoms with Crippen molar-refractivity contribution in [1.82, 2.24) is 0 Å². The summed E-state index contributed by atoms with van der Waals surface area (Å²) in [4.78, 5) is 23.4. The van der Waals surface area contributed by atoms with Crippen molar-refractivity contribution in [2.45, 2.75) is 6.92 Å². The topological polar surface area (TPSA) is 73.9 Å². The average molecular weight is 315 g/mol. The highest BCUT2D eigenvalue weighted by atomic mass is 16.6. The van der Waals surface area contributed by atoms with E-state index in [1.165, 1.54) is 27.2 Å². The Bertz CT molecular complexity index is 704. The number of rotatable bonds is 5. The Labute approximate surface area is 134 Å². The fraction of sp³-hybridized carbons (Fsp3) is 0.176. The second kappa shape index (κ2) is 7.31. The minimum Gasteiger partial charge on any atom is -0.493 e. The fourth-order valence-electron chi connectivity index (χ4n) is 2.00. The number of esters is 1. The highest BCUT2D eigenvalue weighted by Crippen LogP contribution is 2.37. The molecule has 1 N–H and O–H groups in total. The minimum absolute atomic E-state index is 0.201. The van der Waals surface area contributed by atoms with Gasteiger partial charge in [0, 0.05) is 12.6 Å². The lowest BCUT2D eigenvalue weighted by Gasteiger charge is -2.13. The summed E-state index contributed by atoms with van der Waals surface area (Å²) < 4.78 is 15.8. The molecule has 0 heterocycles. The lowest BCUT2D eigenvalue weighted by Crippen LogP contribution is -2.11. The number of para-hydroxylation sites is 1. The van der Waals surface area contributed by atoms with Gasteiger partial charge in [0.15, 0.2) is 11.5 Å². The molecule has 23 heavy (non-hydrogen) atoms. The van der Waals surface area contributed by atoms with E-state index in [0.29, 0.717) is 22.7 Å². The summed E-state index contributed by atoms with van der Waals surface area (Å²) in [7, 11) is 2.95. The van der Waals surface area contributed by atoms with Crippen LogP contribution in [0.1, 0.15) is 17.3 Å². The van der Waals surface area contributed by atoms with Crippen molar-refractivity contribution < 1.29 is 23.8 Å². The van der Waals surface area contributed by atoms with Crippen molar-refractivity contribution in [1.29, 1.82) is 0 Å². The van der Waals surface area contributed by atoms with Gasteiger partial charge in [-0.25, -0.2) is 4.79 Å². The van der Waals surface area contributed by atoms with Crippen molar-refractivity contribution in [3.05, 3.63) is 48.0 Å². The highest BCUT2D eigenvalue weighted by molar-refractivity contribution is 5.95. The molecule has 0 saturated heterocycles. The maximum absolute atomic E-state index is 12.3. The normalized spacial score (nSPS) is 9.87. The van der Waals surface area contributed by atoms with E-state index in [0.717, 1.165) is 0 Å². The summed E-state index contributed by atoms with van der Waals surface area (Å²) in [5.41, 5.74) is 0.808. The molecular formula is C17H17NO5. The molecule has 0 aliphatic carbocycles. The monoisotopic (exact) mass is 315 g/mol. The van der Waals surface area contributed by atoms with Gasteiger partial charge >= 0.3 is 5.97 Å². The van der Waals surface area contributed by atoms with Gasteiger partial charge in [0.05, 0.1) is 19.8 Å². The molecule has 0 aliphatic rings. The number of amides is 1. The standard InChI is InChI=1S/C17H17NO5/c1-11(19)18-13-7-4-6-12(10-13)17(20)23-16-14(21-2)8-5-9-15(16)22-3/h4-10H,1-3H3,(H,18,19). The summed E-state index contributed by atoms with van der Waals surface area (Å²) in [5.74, 6) is 0.167.